The zero-order chi connectivity index (χ0) is 15.8. The lowest BCUT2D eigenvalue weighted by molar-refractivity contribution is 0.0964. The number of rotatable bonds is 2. The molecule has 1 heterocycles. The number of para-hydroxylation sites is 1. The molecule has 0 unspecified atom stereocenters. The molecule has 0 bridgehead atoms. The van der Waals surface area contributed by atoms with Crippen LogP contribution in [0.25, 0.3) is 5.69 Å². The van der Waals surface area contributed by atoms with Gasteiger partial charge in [-0.25, -0.2) is 9.07 Å². The first-order chi connectivity index (χ1) is 11.2. The van der Waals surface area contributed by atoms with Crippen LogP contribution in [0.5, 0.6) is 0 Å². The van der Waals surface area contributed by atoms with Gasteiger partial charge < -0.3 is 0 Å². The van der Waals surface area contributed by atoms with Gasteiger partial charge in [0.05, 0.1) is 23.1 Å². The van der Waals surface area contributed by atoms with Crippen molar-refractivity contribution < 1.29 is 9.18 Å². The van der Waals surface area contributed by atoms with E-state index in [4.69, 9.17) is 0 Å². The molecule has 2 aromatic carbocycles. The summed E-state index contributed by atoms with van der Waals surface area (Å²) in [6.45, 7) is 0. The van der Waals surface area contributed by atoms with Gasteiger partial charge in [-0.05, 0) is 42.2 Å². The van der Waals surface area contributed by atoms with Gasteiger partial charge >= 0.3 is 0 Å². The third-order valence-electron chi connectivity index (χ3n) is 4.38. The Labute approximate surface area is 133 Å². The van der Waals surface area contributed by atoms with E-state index in [1.807, 2.05) is 35.0 Å². The Hall–Kier alpha value is -2.75. The Morgan fingerprint density at radius 2 is 1.74 bits per heavy atom. The standard InChI is InChI=1S/C19H15FN2O/c20-15-8-6-13(7-9-15)14-10-18-17(19(23)11-14)12-21-22(18)16-4-2-1-3-5-16/h1-9,12,14H,10-11H2/t14-/m0/s1. The van der Waals surface area contributed by atoms with Gasteiger partial charge in [-0.2, -0.15) is 5.10 Å². The zero-order valence-electron chi connectivity index (χ0n) is 12.4. The topological polar surface area (TPSA) is 34.9 Å². The second-order valence-electron chi connectivity index (χ2n) is 5.83. The smallest absolute Gasteiger partial charge is 0.166 e. The van der Waals surface area contributed by atoms with E-state index in [2.05, 4.69) is 5.10 Å². The summed E-state index contributed by atoms with van der Waals surface area (Å²) < 4.78 is 15.0. The molecule has 3 aromatic rings. The molecular formula is C19H15FN2O. The number of fused-ring (bicyclic) bond motifs is 1. The predicted octanol–water partition coefficient (Wildman–Crippen LogP) is 3.92. The number of hydrogen-bond acceptors (Lipinski definition) is 2. The highest BCUT2D eigenvalue weighted by atomic mass is 19.1. The summed E-state index contributed by atoms with van der Waals surface area (Å²) in [4.78, 5) is 12.5. The molecule has 1 aliphatic rings. The zero-order valence-corrected chi connectivity index (χ0v) is 12.4. The molecule has 0 amide bonds. The second-order valence-corrected chi connectivity index (χ2v) is 5.83. The first kappa shape index (κ1) is 13.9. The third kappa shape index (κ3) is 2.46. The van der Waals surface area contributed by atoms with Crippen LogP contribution in [-0.4, -0.2) is 15.6 Å². The summed E-state index contributed by atoms with van der Waals surface area (Å²) in [6.07, 6.45) is 2.83. The lowest BCUT2D eigenvalue weighted by Crippen LogP contribution is -2.20. The van der Waals surface area contributed by atoms with Crippen molar-refractivity contribution in [2.75, 3.05) is 0 Å². The molecule has 0 saturated carbocycles. The van der Waals surface area contributed by atoms with Gasteiger partial charge in [0.1, 0.15) is 5.82 Å². The number of carbonyl (C=O) groups excluding carboxylic acids is 1. The van der Waals surface area contributed by atoms with Crippen LogP contribution >= 0.6 is 0 Å². The fraction of sp³-hybridized carbons (Fsp3) is 0.158. The number of benzene rings is 2. The quantitative estimate of drug-likeness (QED) is 0.719. The fourth-order valence-electron chi connectivity index (χ4n) is 3.20. The molecule has 1 aliphatic carbocycles. The number of aromatic nitrogens is 2. The first-order valence-corrected chi connectivity index (χ1v) is 7.63. The van der Waals surface area contributed by atoms with Crippen molar-refractivity contribution in [1.29, 1.82) is 0 Å². The van der Waals surface area contributed by atoms with Crippen LogP contribution in [0, 0.1) is 5.82 Å². The molecule has 0 saturated heterocycles. The number of nitrogens with zero attached hydrogens (tertiary/aromatic N) is 2. The lowest BCUT2D eigenvalue weighted by Gasteiger charge is -2.23. The average molecular weight is 306 g/mol. The van der Waals surface area contributed by atoms with Gasteiger partial charge in [-0.1, -0.05) is 30.3 Å². The van der Waals surface area contributed by atoms with E-state index in [1.54, 1.807) is 18.3 Å². The van der Waals surface area contributed by atoms with Gasteiger partial charge in [-0.3, -0.25) is 4.79 Å². The van der Waals surface area contributed by atoms with E-state index in [9.17, 15) is 9.18 Å². The maximum Gasteiger partial charge on any atom is 0.166 e. The molecule has 3 nitrogen and oxygen atoms in total. The molecule has 0 radical (unpaired) electrons. The Morgan fingerprint density at radius 1 is 1.00 bits per heavy atom. The van der Waals surface area contributed by atoms with Crippen molar-refractivity contribution in [1.82, 2.24) is 9.78 Å². The van der Waals surface area contributed by atoms with Crippen LogP contribution in [0.3, 0.4) is 0 Å². The SMILES string of the molecule is O=C1C[C@@H](c2ccc(F)cc2)Cc2c1cnn2-c1ccccc1. The molecule has 1 aromatic heterocycles. The summed E-state index contributed by atoms with van der Waals surface area (Å²) in [5.74, 6) is -0.0941. The largest absolute Gasteiger partial charge is 0.294 e. The van der Waals surface area contributed by atoms with Crippen molar-refractivity contribution in [3.05, 3.63) is 83.4 Å². The molecular weight excluding hydrogens is 291 g/mol. The monoisotopic (exact) mass is 306 g/mol. The van der Waals surface area contributed by atoms with E-state index in [-0.39, 0.29) is 17.5 Å². The van der Waals surface area contributed by atoms with Crippen LogP contribution < -0.4 is 0 Å². The minimum Gasteiger partial charge on any atom is -0.294 e. The van der Waals surface area contributed by atoms with Crippen LogP contribution in [0.2, 0.25) is 0 Å². The van der Waals surface area contributed by atoms with Gasteiger partial charge in [0.25, 0.3) is 0 Å². The van der Waals surface area contributed by atoms with Crippen LogP contribution in [-0.2, 0) is 6.42 Å². The number of Topliss-reactive ketones (excluding diaryl/α,β-unsaturated/α-hetero) is 1. The normalized spacial score (nSPS) is 17.1. The van der Waals surface area contributed by atoms with Crippen LogP contribution in [0.1, 0.15) is 34.0 Å². The van der Waals surface area contributed by atoms with E-state index >= 15 is 0 Å². The van der Waals surface area contributed by atoms with Gasteiger partial charge in [0, 0.05) is 6.42 Å². The van der Waals surface area contributed by atoms with Crippen LogP contribution in [0.15, 0.2) is 60.8 Å². The van der Waals surface area contributed by atoms with E-state index in [0.717, 1.165) is 23.4 Å². The molecule has 4 heteroatoms. The van der Waals surface area contributed by atoms with Crippen molar-refractivity contribution in [2.24, 2.45) is 0 Å². The Bertz CT molecular complexity index is 853. The minimum absolute atomic E-state index is 0.0646. The Morgan fingerprint density at radius 3 is 2.48 bits per heavy atom. The summed E-state index contributed by atoms with van der Waals surface area (Å²) >= 11 is 0. The van der Waals surface area contributed by atoms with Crippen molar-refractivity contribution in [3.63, 3.8) is 0 Å². The maximum atomic E-state index is 13.1. The predicted molar refractivity (Wildman–Crippen MR) is 85.4 cm³/mol. The second kappa shape index (κ2) is 5.47. The molecule has 23 heavy (non-hydrogen) atoms. The highest BCUT2D eigenvalue weighted by Crippen LogP contribution is 2.33. The Kier molecular flexibility index (Phi) is 3.30. The van der Waals surface area contributed by atoms with E-state index < -0.39 is 0 Å². The van der Waals surface area contributed by atoms with Gasteiger partial charge in [-0.15, -0.1) is 0 Å². The summed E-state index contributed by atoms with van der Waals surface area (Å²) in [7, 11) is 0. The van der Waals surface area contributed by atoms with Gasteiger partial charge in [0.2, 0.25) is 0 Å². The molecule has 4 rings (SSSR count). The van der Waals surface area contributed by atoms with Crippen molar-refractivity contribution in [2.45, 2.75) is 18.8 Å². The van der Waals surface area contributed by atoms with E-state index in [1.165, 1.54) is 12.1 Å². The number of ketones is 1. The summed E-state index contributed by atoms with van der Waals surface area (Å²) in [5.41, 5.74) is 3.57. The minimum atomic E-state index is -0.258. The number of carbonyl (C=O) groups is 1. The third-order valence-corrected chi connectivity index (χ3v) is 4.38. The van der Waals surface area contributed by atoms with Gasteiger partial charge in [0.15, 0.2) is 5.78 Å². The first-order valence-electron chi connectivity index (χ1n) is 7.63. The molecule has 0 fully saturated rings. The number of hydrogen-bond donors (Lipinski definition) is 0. The highest BCUT2D eigenvalue weighted by Gasteiger charge is 2.30. The summed E-state index contributed by atoms with van der Waals surface area (Å²) in [5, 5.41) is 4.40. The molecule has 114 valence electrons. The molecule has 0 spiro atoms. The number of halogens is 1. The maximum absolute atomic E-state index is 13.1. The lowest BCUT2D eigenvalue weighted by atomic mass is 9.82. The fourth-order valence-corrected chi connectivity index (χ4v) is 3.20. The molecule has 0 aliphatic heterocycles. The van der Waals surface area contributed by atoms with Crippen LogP contribution in [0.4, 0.5) is 4.39 Å². The van der Waals surface area contributed by atoms with E-state index in [0.29, 0.717) is 12.0 Å². The van der Waals surface area contributed by atoms with Crippen molar-refractivity contribution >= 4 is 5.78 Å². The highest BCUT2D eigenvalue weighted by molar-refractivity contribution is 5.98. The average Bonchev–Trinajstić information content (AvgIpc) is 3.01. The molecule has 0 N–H and O–H groups in total. The summed E-state index contributed by atoms with van der Waals surface area (Å²) in [6, 6.07) is 16.2. The molecule has 1 atom stereocenters. The Balaban J connectivity index is 1.74. The van der Waals surface area contributed by atoms with Crippen molar-refractivity contribution in [3.8, 4) is 5.69 Å².